The SMILES string of the molecule is COc1ccc(CC(=O)O[C@H](C)C(=O)N[C@@H]2CCCc3ccccc32)cc1F. The number of ether oxygens (including phenoxy) is 2. The number of rotatable bonds is 6. The van der Waals surface area contributed by atoms with Crippen LogP contribution in [0.3, 0.4) is 0 Å². The summed E-state index contributed by atoms with van der Waals surface area (Å²) in [4.78, 5) is 24.6. The van der Waals surface area contributed by atoms with Crippen molar-refractivity contribution in [3.63, 3.8) is 0 Å². The quantitative estimate of drug-likeness (QED) is 0.773. The summed E-state index contributed by atoms with van der Waals surface area (Å²) >= 11 is 0. The molecule has 1 amide bonds. The first kappa shape index (κ1) is 19.9. The van der Waals surface area contributed by atoms with Gasteiger partial charge >= 0.3 is 5.97 Å². The Bertz CT molecular complexity index is 867. The number of carbonyl (C=O) groups excluding carboxylic acids is 2. The van der Waals surface area contributed by atoms with Gasteiger partial charge in [-0.3, -0.25) is 9.59 Å². The summed E-state index contributed by atoms with van der Waals surface area (Å²) < 4.78 is 23.8. The van der Waals surface area contributed by atoms with E-state index < -0.39 is 17.9 Å². The summed E-state index contributed by atoms with van der Waals surface area (Å²) in [5.41, 5.74) is 2.82. The average molecular weight is 385 g/mol. The molecule has 2 aromatic rings. The van der Waals surface area contributed by atoms with Crippen LogP contribution in [-0.2, 0) is 27.2 Å². The van der Waals surface area contributed by atoms with Gasteiger partial charge in [0.15, 0.2) is 17.7 Å². The van der Waals surface area contributed by atoms with Crippen LogP contribution in [0.15, 0.2) is 42.5 Å². The summed E-state index contributed by atoms with van der Waals surface area (Å²) in [5, 5.41) is 2.98. The Morgan fingerprint density at radius 2 is 2.04 bits per heavy atom. The van der Waals surface area contributed by atoms with Gasteiger partial charge in [-0.2, -0.15) is 0 Å². The summed E-state index contributed by atoms with van der Waals surface area (Å²) in [6.07, 6.45) is 1.81. The highest BCUT2D eigenvalue weighted by molar-refractivity contribution is 5.84. The Morgan fingerprint density at radius 1 is 1.25 bits per heavy atom. The number of hydrogen-bond acceptors (Lipinski definition) is 4. The molecule has 1 aliphatic rings. The van der Waals surface area contributed by atoms with Gasteiger partial charge in [0, 0.05) is 0 Å². The van der Waals surface area contributed by atoms with E-state index in [0.717, 1.165) is 24.8 Å². The van der Waals surface area contributed by atoms with Gasteiger partial charge in [-0.25, -0.2) is 4.39 Å². The third kappa shape index (κ3) is 4.68. The number of benzene rings is 2. The van der Waals surface area contributed by atoms with E-state index in [1.54, 1.807) is 6.07 Å². The second kappa shape index (κ2) is 8.87. The number of hydrogen-bond donors (Lipinski definition) is 1. The van der Waals surface area contributed by atoms with Crippen LogP contribution in [0.1, 0.15) is 42.5 Å². The van der Waals surface area contributed by atoms with E-state index in [0.29, 0.717) is 5.56 Å². The van der Waals surface area contributed by atoms with Gasteiger partial charge in [-0.1, -0.05) is 30.3 Å². The average Bonchev–Trinajstić information content (AvgIpc) is 2.68. The molecule has 1 N–H and O–H groups in total. The fourth-order valence-electron chi connectivity index (χ4n) is 3.47. The highest BCUT2D eigenvalue weighted by Gasteiger charge is 2.25. The van der Waals surface area contributed by atoms with Crippen molar-refractivity contribution in [2.24, 2.45) is 0 Å². The van der Waals surface area contributed by atoms with Crippen molar-refractivity contribution in [3.8, 4) is 5.75 Å². The first-order valence-electron chi connectivity index (χ1n) is 9.38. The monoisotopic (exact) mass is 385 g/mol. The second-order valence-corrected chi connectivity index (χ2v) is 6.93. The lowest BCUT2D eigenvalue weighted by molar-refractivity contribution is -0.154. The molecule has 0 saturated carbocycles. The topological polar surface area (TPSA) is 64.6 Å². The summed E-state index contributed by atoms with van der Waals surface area (Å²) in [5.74, 6) is -1.36. The molecule has 5 nitrogen and oxygen atoms in total. The van der Waals surface area contributed by atoms with E-state index in [1.807, 2.05) is 18.2 Å². The van der Waals surface area contributed by atoms with E-state index in [4.69, 9.17) is 9.47 Å². The lowest BCUT2D eigenvalue weighted by Crippen LogP contribution is -2.39. The van der Waals surface area contributed by atoms with Crippen LogP contribution in [0.25, 0.3) is 0 Å². The summed E-state index contributed by atoms with van der Waals surface area (Å²) in [6, 6.07) is 12.2. The van der Waals surface area contributed by atoms with Crippen molar-refractivity contribution < 1.29 is 23.5 Å². The van der Waals surface area contributed by atoms with E-state index in [-0.39, 0.29) is 24.1 Å². The number of esters is 1. The minimum atomic E-state index is -0.926. The number of carbonyl (C=O) groups is 2. The minimum absolute atomic E-state index is 0.0747. The van der Waals surface area contributed by atoms with Crippen LogP contribution in [-0.4, -0.2) is 25.1 Å². The van der Waals surface area contributed by atoms with Crippen molar-refractivity contribution in [1.82, 2.24) is 5.32 Å². The molecule has 0 fully saturated rings. The van der Waals surface area contributed by atoms with Gasteiger partial charge in [0.2, 0.25) is 0 Å². The Kier molecular flexibility index (Phi) is 6.29. The third-order valence-electron chi connectivity index (χ3n) is 4.93. The van der Waals surface area contributed by atoms with Gasteiger partial charge in [0.25, 0.3) is 5.91 Å². The zero-order valence-electron chi connectivity index (χ0n) is 16.0. The molecule has 1 aliphatic carbocycles. The van der Waals surface area contributed by atoms with Crippen LogP contribution in [0.5, 0.6) is 5.75 Å². The van der Waals surface area contributed by atoms with Crippen LogP contribution < -0.4 is 10.1 Å². The molecule has 0 spiro atoms. The minimum Gasteiger partial charge on any atom is -0.494 e. The van der Waals surface area contributed by atoms with Gasteiger partial charge in [-0.05, 0) is 55.0 Å². The smallest absolute Gasteiger partial charge is 0.311 e. The van der Waals surface area contributed by atoms with Crippen molar-refractivity contribution in [2.45, 2.75) is 44.8 Å². The Labute approximate surface area is 163 Å². The Balaban J connectivity index is 1.56. The molecule has 0 aromatic heterocycles. The number of halogens is 1. The summed E-state index contributed by atoms with van der Waals surface area (Å²) in [7, 11) is 1.37. The zero-order chi connectivity index (χ0) is 20.1. The number of amides is 1. The number of methoxy groups -OCH3 is 1. The van der Waals surface area contributed by atoms with Crippen LogP contribution in [0.4, 0.5) is 4.39 Å². The van der Waals surface area contributed by atoms with Gasteiger partial charge < -0.3 is 14.8 Å². The maximum atomic E-state index is 13.7. The van der Waals surface area contributed by atoms with E-state index in [2.05, 4.69) is 11.4 Å². The first-order chi connectivity index (χ1) is 13.5. The molecule has 0 unspecified atom stereocenters. The molecule has 0 aliphatic heterocycles. The predicted molar refractivity (Wildman–Crippen MR) is 102 cm³/mol. The molecule has 3 rings (SSSR count). The molecule has 0 radical (unpaired) electrons. The standard InChI is InChI=1S/C22H24FNO4/c1-14(28-21(25)13-15-10-11-20(27-2)18(23)12-15)22(26)24-19-9-5-7-16-6-3-4-8-17(16)19/h3-4,6,8,10-12,14,19H,5,7,9,13H2,1-2H3,(H,24,26)/t14-,19-/m1/s1. The van der Waals surface area contributed by atoms with Gasteiger partial charge in [0.05, 0.1) is 19.6 Å². The predicted octanol–water partition coefficient (Wildman–Crippen LogP) is 3.50. The number of fused-ring (bicyclic) bond motifs is 1. The highest BCUT2D eigenvalue weighted by atomic mass is 19.1. The van der Waals surface area contributed by atoms with E-state index in [1.165, 1.54) is 31.7 Å². The molecule has 2 aromatic carbocycles. The Morgan fingerprint density at radius 3 is 2.79 bits per heavy atom. The van der Waals surface area contributed by atoms with Gasteiger partial charge in [0.1, 0.15) is 0 Å². The largest absolute Gasteiger partial charge is 0.494 e. The van der Waals surface area contributed by atoms with E-state index >= 15 is 0 Å². The second-order valence-electron chi connectivity index (χ2n) is 6.93. The molecule has 0 bridgehead atoms. The molecular formula is C22H24FNO4. The van der Waals surface area contributed by atoms with Crippen LogP contribution in [0.2, 0.25) is 0 Å². The molecule has 6 heteroatoms. The van der Waals surface area contributed by atoms with Crippen molar-refractivity contribution >= 4 is 11.9 Å². The maximum absolute atomic E-state index is 13.7. The van der Waals surface area contributed by atoms with Crippen LogP contribution >= 0.6 is 0 Å². The van der Waals surface area contributed by atoms with Crippen LogP contribution in [0, 0.1) is 5.82 Å². The van der Waals surface area contributed by atoms with Crippen molar-refractivity contribution in [1.29, 1.82) is 0 Å². The van der Waals surface area contributed by atoms with E-state index in [9.17, 15) is 14.0 Å². The fraction of sp³-hybridized carbons (Fsp3) is 0.364. The van der Waals surface area contributed by atoms with Crippen molar-refractivity contribution in [2.75, 3.05) is 7.11 Å². The summed E-state index contributed by atoms with van der Waals surface area (Å²) in [6.45, 7) is 1.54. The van der Waals surface area contributed by atoms with Gasteiger partial charge in [-0.15, -0.1) is 0 Å². The lowest BCUT2D eigenvalue weighted by atomic mass is 9.87. The van der Waals surface area contributed by atoms with Crippen molar-refractivity contribution in [3.05, 3.63) is 65.0 Å². The molecule has 2 atom stereocenters. The molecule has 148 valence electrons. The normalized spacial score (nSPS) is 16.6. The maximum Gasteiger partial charge on any atom is 0.311 e. The Hall–Kier alpha value is -2.89. The molecule has 0 saturated heterocycles. The first-order valence-corrected chi connectivity index (χ1v) is 9.38. The lowest BCUT2D eigenvalue weighted by Gasteiger charge is -2.27. The highest BCUT2D eigenvalue weighted by Crippen LogP contribution is 2.29. The zero-order valence-corrected chi connectivity index (χ0v) is 16.0. The molecular weight excluding hydrogens is 361 g/mol. The fourth-order valence-corrected chi connectivity index (χ4v) is 3.47. The number of aryl methyl sites for hydroxylation is 1. The number of nitrogens with one attached hydrogen (secondary N) is 1. The molecule has 0 heterocycles. The third-order valence-corrected chi connectivity index (χ3v) is 4.93. The molecule has 28 heavy (non-hydrogen) atoms.